The molecule has 4 nitrogen and oxygen atoms in total. The van der Waals surface area contributed by atoms with Crippen LogP contribution in [0.15, 0.2) is 27.1 Å². The van der Waals surface area contributed by atoms with Gasteiger partial charge in [0.15, 0.2) is 0 Å². The Morgan fingerprint density at radius 3 is 2.35 bits per heavy atom. The van der Waals surface area contributed by atoms with Gasteiger partial charge in [0.1, 0.15) is 11.6 Å². The van der Waals surface area contributed by atoms with Crippen LogP contribution in [0.2, 0.25) is 0 Å². The first-order chi connectivity index (χ1) is 8.02. The summed E-state index contributed by atoms with van der Waals surface area (Å²) in [6.45, 7) is 0. The molecule has 0 bridgehead atoms. The Labute approximate surface area is 114 Å². The first-order valence-corrected chi connectivity index (χ1v) is 6.16. The number of aromatic nitrogens is 2. The third-order valence-corrected chi connectivity index (χ3v) is 3.33. The SMILES string of the molecule is COc1cc(N)n(-c2c(Br)cc(F)cc2Br)n1. The summed E-state index contributed by atoms with van der Waals surface area (Å²) in [5.74, 6) is 0.436. The van der Waals surface area contributed by atoms with E-state index in [9.17, 15) is 4.39 Å². The van der Waals surface area contributed by atoms with E-state index < -0.39 is 0 Å². The van der Waals surface area contributed by atoms with Gasteiger partial charge in [-0.1, -0.05) is 0 Å². The molecule has 0 unspecified atom stereocenters. The van der Waals surface area contributed by atoms with Crippen LogP contribution in [0, 0.1) is 5.82 Å². The number of ether oxygens (including phenoxy) is 1. The Balaban J connectivity index is 2.63. The van der Waals surface area contributed by atoms with Crippen LogP contribution in [-0.2, 0) is 0 Å². The highest BCUT2D eigenvalue weighted by Gasteiger charge is 2.14. The van der Waals surface area contributed by atoms with Crippen LogP contribution in [0.3, 0.4) is 0 Å². The number of rotatable bonds is 2. The zero-order valence-corrected chi connectivity index (χ0v) is 11.9. The fraction of sp³-hybridized carbons (Fsp3) is 0.100. The van der Waals surface area contributed by atoms with Gasteiger partial charge < -0.3 is 10.5 Å². The minimum absolute atomic E-state index is 0.356. The molecule has 0 aliphatic rings. The van der Waals surface area contributed by atoms with Gasteiger partial charge in [0.2, 0.25) is 5.88 Å². The molecule has 2 aromatic rings. The van der Waals surface area contributed by atoms with Crippen molar-refractivity contribution in [3.8, 4) is 11.6 Å². The van der Waals surface area contributed by atoms with Crippen LogP contribution in [-0.4, -0.2) is 16.9 Å². The topological polar surface area (TPSA) is 53.1 Å². The molecular weight excluding hydrogens is 357 g/mol. The fourth-order valence-electron chi connectivity index (χ4n) is 1.39. The van der Waals surface area contributed by atoms with E-state index in [2.05, 4.69) is 37.0 Å². The summed E-state index contributed by atoms with van der Waals surface area (Å²) in [6, 6.07) is 4.27. The number of nitrogens with two attached hydrogens (primary N) is 1. The van der Waals surface area contributed by atoms with Crippen LogP contribution < -0.4 is 10.5 Å². The van der Waals surface area contributed by atoms with Gasteiger partial charge in [-0.15, -0.1) is 5.10 Å². The number of nitrogens with zero attached hydrogens (tertiary/aromatic N) is 2. The van der Waals surface area contributed by atoms with Gasteiger partial charge >= 0.3 is 0 Å². The molecule has 0 atom stereocenters. The van der Waals surface area contributed by atoms with E-state index in [4.69, 9.17) is 10.5 Å². The molecule has 1 aromatic heterocycles. The molecule has 2 N–H and O–H groups in total. The molecule has 0 radical (unpaired) electrons. The molecule has 0 saturated carbocycles. The summed E-state index contributed by atoms with van der Waals surface area (Å²) < 4.78 is 20.7. The highest BCUT2D eigenvalue weighted by atomic mass is 79.9. The smallest absolute Gasteiger partial charge is 0.235 e. The van der Waals surface area contributed by atoms with Crippen LogP contribution in [0.4, 0.5) is 10.2 Å². The number of anilines is 1. The number of halogens is 3. The van der Waals surface area contributed by atoms with E-state index in [1.54, 1.807) is 6.07 Å². The molecule has 0 spiro atoms. The lowest BCUT2D eigenvalue weighted by atomic mass is 10.3. The van der Waals surface area contributed by atoms with Crippen LogP contribution in [0.25, 0.3) is 5.69 Å². The summed E-state index contributed by atoms with van der Waals surface area (Å²) in [7, 11) is 1.50. The molecule has 1 aromatic carbocycles. The number of methoxy groups -OCH3 is 1. The third-order valence-electron chi connectivity index (χ3n) is 2.12. The Kier molecular flexibility index (Phi) is 3.39. The van der Waals surface area contributed by atoms with Gasteiger partial charge in [-0.05, 0) is 44.0 Å². The molecule has 0 aliphatic carbocycles. The summed E-state index contributed by atoms with van der Waals surface area (Å²) in [4.78, 5) is 0. The first kappa shape index (κ1) is 12.4. The lowest BCUT2D eigenvalue weighted by Crippen LogP contribution is -2.04. The monoisotopic (exact) mass is 363 g/mol. The second-order valence-corrected chi connectivity index (χ2v) is 4.95. The number of nitrogen functional groups attached to an aromatic ring is 1. The van der Waals surface area contributed by atoms with Gasteiger partial charge in [-0.2, -0.15) is 0 Å². The molecule has 0 amide bonds. The Morgan fingerprint density at radius 2 is 1.88 bits per heavy atom. The molecular formula is C10H8Br2FN3O. The minimum atomic E-state index is -0.356. The van der Waals surface area contributed by atoms with Crippen molar-refractivity contribution in [3.05, 3.63) is 33.0 Å². The van der Waals surface area contributed by atoms with Crippen LogP contribution >= 0.6 is 31.9 Å². The van der Waals surface area contributed by atoms with Gasteiger partial charge in [0.05, 0.1) is 12.8 Å². The van der Waals surface area contributed by atoms with E-state index in [-0.39, 0.29) is 5.82 Å². The summed E-state index contributed by atoms with van der Waals surface area (Å²) in [5, 5.41) is 4.14. The van der Waals surface area contributed by atoms with Gasteiger partial charge in [-0.25, -0.2) is 9.07 Å². The average Bonchev–Trinajstić information content (AvgIpc) is 2.59. The Bertz CT molecular complexity index is 548. The van der Waals surface area contributed by atoms with Crippen molar-refractivity contribution in [1.29, 1.82) is 0 Å². The Morgan fingerprint density at radius 1 is 1.29 bits per heavy atom. The standard InChI is InChI=1S/C10H8Br2FN3O/c1-17-9-4-8(14)16(15-9)10-6(11)2-5(13)3-7(10)12/h2-4H,14H2,1H3. The summed E-state index contributed by atoms with van der Waals surface area (Å²) >= 11 is 6.55. The second kappa shape index (κ2) is 4.66. The lowest BCUT2D eigenvalue weighted by Gasteiger charge is -2.09. The maximum Gasteiger partial charge on any atom is 0.235 e. The summed E-state index contributed by atoms with van der Waals surface area (Å²) in [5.41, 5.74) is 6.43. The second-order valence-electron chi connectivity index (χ2n) is 3.24. The third kappa shape index (κ3) is 2.30. The van der Waals surface area contributed by atoms with Gasteiger partial charge in [0.25, 0.3) is 0 Å². The van der Waals surface area contributed by atoms with E-state index in [1.807, 2.05) is 0 Å². The van der Waals surface area contributed by atoms with Crippen molar-refractivity contribution in [2.75, 3.05) is 12.8 Å². The highest BCUT2D eigenvalue weighted by molar-refractivity contribution is 9.11. The lowest BCUT2D eigenvalue weighted by molar-refractivity contribution is 0.394. The quantitative estimate of drug-likeness (QED) is 0.890. The molecule has 2 rings (SSSR count). The first-order valence-electron chi connectivity index (χ1n) is 4.57. The average molecular weight is 365 g/mol. The van der Waals surface area contributed by atoms with Crippen molar-refractivity contribution < 1.29 is 9.13 Å². The molecule has 0 aliphatic heterocycles. The zero-order chi connectivity index (χ0) is 12.6. The van der Waals surface area contributed by atoms with E-state index >= 15 is 0 Å². The normalized spacial score (nSPS) is 10.6. The molecule has 1 heterocycles. The maximum atomic E-state index is 13.2. The van der Waals surface area contributed by atoms with Crippen LogP contribution in [0.1, 0.15) is 0 Å². The minimum Gasteiger partial charge on any atom is -0.480 e. The number of hydrogen-bond acceptors (Lipinski definition) is 3. The number of benzene rings is 1. The largest absolute Gasteiger partial charge is 0.480 e. The van der Waals surface area contributed by atoms with E-state index in [1.165, 1.54) is 23.9 Å². The van der Waals surface area contributed by atoms with Crippen molar-refractivity contribution in [1.82, 2.24) is 9.78 Å². The Hall–Kier alpha value is -1.08. The molecule has 90 valence electrons. The van der Waals surface area contributed by atoms with Crippen LogP contribution in [0.5, 0.6) is 5.88 Å². The zero-order valence-electron chi connectivity index (χ0n) is 8.75. The number of hydrogen-bond donors (Lipinski definition) is 1. The molecule has 17 heavy (non-hydrogen) atoms. The van der Waals surface area contributed by atoms with Crippen molar-refractivity contribution in [3.63, 3.8) is 0 Å². The van der Waals surface area contributed by atoms with Crippen molar-refractivity contribution in [2.24, 2.45) is 0 Å². The highest BCUT2D eigenvalue weighted by Crippen LogP contribution is 2.32. The summed E-state index contributed by atoms with van der Waals surface area (Å²) in [6.07, 6.45) is 0. The van der Waals surface area contributed by atoms with Gasteiger partial charge in [-0.3, -0.25) is 0 Å². The van der Waals surface area contributed by atoms with Gasteiger partial charge in [0, 0.05) is 15.0 Å². The maximum absolute atomic E-state index is 13.2. The fourth-order valence-corrected chi connectivity index (χ4v) is 2.86. The van der Waals surface area contributed by atoms with Crippen molar-refractivity contribution >= 4 is 37.7 Å². The van der Waals surface area contributed by atoms with E-state index in [0.29, 0.717) is 26.3 Å². The predicted octanol–water partition coefficient (Wildman–Crippen LogP) is 3.13. The molecule has 0 fully saturated rings. The van der Waals surface area contributed by atoms with E-state index in [0.717, 1.165) is 0 Å². The predicted molar refractivity (Wildman–Crippen MR) is 69.9 cm³/mol. The molecule has 7 heteroatoms. The van der Waals surface area contributed by atoms with Crippen molar-refractivity contribution in [2.45, 2.75) is 0 Å². The molecule has 0 saturated heterocycles.